The number of esters is 1. The summed E-state index contributed by atoms with van der Waals surface area (Å²) in [6.45, 7) is 0. The zero-order valence-corrected chi connectivity index (χ0v) is 13.8. The summed E-state index contributed by atoms with van der Waals surface area (Å²) >= 11 is 0. The maximum absolute atomic E-state index is 12.0. The summed E-state index contributed by atoms with van der Waals surface area (Å²) < 4.78 is 42.3. The van der Waals surface area contributed by atoms with Gasteiger partial charge in [-0.15, -0.1) is 0 Å². The van der Waals surface area contributed by atoms with Gasteiger partial charge in [0, 0.05) is 13.5 Å². The van der Waals surface area contributed by atoms with Crippen LogP contribution in [-0.2, 0) is 18.2 Å². The van der Waals surface area contributed by atoms with Gasteiger partial charge in [-0.3, -0.25) is 4.68 Å². The lowest BCUT2D eigenvalue weighted by Gasteiger charge is -2.06. The van der Waals surface area contributed by atoms with Gasteiger partial charge in [0.2, 0.25) is 0 Å². The van der Waals surface area contributed by atoms with Gasteiger partial charge in [0.05, 0.1) is 19.0 Å². The number of ether oxygens (including phenoxy) is 1. The average molecular weight is 334 g/mol. The molecular weight excluding hydrogens is 309 g/mol. The number of aryl methyl sites for hydroxylation is 1. The van der Waals surface area contributed by atoms with Crippen LogP contribution in [0.5, 0.6) is 0 Å². The van der Waals surface area contributed by atoms with Gasteiger partial charge >= 0.3 is 12.1 Å². The van der Waals surface area contributed by atoms with Crippen LogP contribution in [0.25, 0.3) is 0 Å². The highest BCUT2D eigenvalue weighted by Crippen LogP contribution is 2.23. The fourth-order valence-electron chi connectivity index (χ4n) is 2.54. The summed E-state index contributed by atoms with van der Waals surface area (Å²) in [6.07, 6.45) is 3.12. The lowest BCUT2D eigenvalue weighted by atomic mass is 10.0. The number of alkyl halides is 3. The molecule has 0 aliphatic heterocycles. The first-order chi connectivity index (χ1) is 10.8. The van der Waals surface area contributed by atoms with Crippen molar-refractivity contribution in [2.45, 2.75) is 64.0 Å². The lowest BCUT2D eigenvalue weighted by Crippen LogP contribution is -2.07. The van der Waals surface area contributed by atoms with E-state index in [0.29, 0.717) is 12.0 Å². The number of carbonyl (C=O) groups is 1. The maximum Gasteiger partial charge on any atom is 0.389 e. The van der Waals surface area contributed by atoms with E-state index in [2.05, 4.69) is 5.10 Å². The molecule has 0 aliphatic rings. The second kappa shape index (κ2) is 9.57. The molecule has 0 aromatic carbocycles. The highest BCUT2D eigenvalue weighted by Gasteiger charge is 2.25. The Bertz CT molecular complexity index is 484. The second-order valence-electron chi connectivity index (χ2n) is 5.71. The van der Waals surface area contributed by atoms with E-state index in [1.54, 1.807) is 11.7 Å². The highest BCUT2D eigenvalue weighted by atomic mass is 19.4. The second-order valence-corrected chi connectivity index (χ2v) is 5.71. The van der Waals surface area contributed by atoms with Crippen molar-refractivity contribution in [3.05, 3.63) is 17.5 Å². The first-order valence-corrected chi connectivity index (χ1v) is 8.01. The first-order valence-electron chi connectivity index (χ1n) is 8.01. The third-order valence-corrected chi connectivity index (χ3v) is 3.84. The SMILES string of the molecule is COC(=O)c1cnn(C)c1CCCCCCCCCC(F)(F)F. The third-order valence-electron chi connectivity index (χ3n) is 3.84. The van der Waals surface area contributed by atoms with E-state index in [1.165, 1.54) is 13.3 Å². The fourth-order valence-corrected chi connectivity index (χ4v) is 2.54. The van der Waals surface area contributed by atoms with Crippen molar-refractivity contribution in [1.82, 2.24) is 9.78 Å². The zero-order valence-electron chi connectivity index (χ0n) is 13.8. The standard InChI is InChI=1S/C16H25F3N2O2/c1-21-14(13(12-20-21)15(22)23-2)10-8-6-4-3-5-7-9-11-16(17,18)19/h12H,3-11H2,1-2H3. The molecule has 132 valence electrons. The minimum absolute atomic E-state index is 0.223. The van der Waals surface area contributed by atoms with Crippen LogP contribution in [0, 0.1) is 0 Å². The number of halogens is 3. The molecule has 1 aromatic rings. The van der Waals surface area contributed by atoms with Gasteiger partial charge in [-0.05, 0) is 19.3 Å². The van der Waals surface area contributed by atoms with Crippen LogP contribution < -0.4 is 0 Å². The van der Waals surface area contributed by atoms with E-state index in [9.17, 15) is 18.0 Å². The fraction of sp³-hybridized carbons (Fsp3) is 0.750. The average Bonchev–Trinajstić information content (AvgIpc) is 2.85. The highest BCUT2D eigenvalue weighted by molar-refractivity contribution is 5.90. The molecule has 0 atom stereocenters. The Hall–Kier alpha value is -1.53. The van der Waals surface area contributed by atoms with E-state index in [0.717, 1.165) is 44.2 Å². The van der Waals surface area contributed by atoms with Gasteiger partial charge < -0.3 is 4.74 Å². The van der Waals surface area contributed by atoms with E-state index in [1.807, 2.05) is 0 Å². The number of methoxy groups -OCH3 is 1. The van der Waals surface area contributed by atoms with Gasteiger partial charge in [0.25, 0.3) is 0 Å². The molecule has 1 rings (SSSR count). The van der Waals surface area contributed by atoms with Crippen molar-refractivity contribution in [2.24, 2.45) is 7.05 Å². The molecule has 0 amide bonds. The quantitative estimate of drug-likeness (QED) is 0.469. The van der Waals surface area contributed by atoms with Crippen LogP contribution in [-0.4, -0.2) is 29.0 Å². The summed E-state index contributed by atoms with van der Waals surface area (Å²) in [5, 5.41) is 4.08. The summed E-state index contributed by atoms with van der Waals surface area (Å²) in [6, 6.07) is 0. The van der Waals surface area contributed by atoms with Crippen molar-refractivity contribution in [2.75, 3.05) is 7.11 Å². The van der Waals surface area contributed by atoms with E-state index >= 15 is 0 Å². The number of unbranched alkanes of at least 4 members (excludes halogenated alkanes) is 6. The van der Waals surface area contributed by atoms with E-state index in [4.69, 9.17) is 4.74 Å². The van der Waals surface area contributed by atoms with Crippen LogP contribution in [0.2, 0.25) is 0 Å². The molecule has 0 spiro atoms. The van der Waals surface area contributed by atoms with Crippen molar-refractivity contribution in [3.8, 4) is 0 Å². The Kier molecular flexibility index (Phi) is 8.12. The van der Waals surface area contributed by atoms with E-state index in [-0.39, 0.29) is 12.4 Å². The predicted octanol–water partition coefficient (Wildman–Crippen LogP) is 4.43. The molecule has 0 bridgehead atoms. The predicted molar refractivity (Wildman–Crippen MR) is 81.2 cm³/mol. The minimum atomic E-state index is -4.03. The van der Waals surface area contributed by atoms with Gasteiger partial charge in [0.1, 0.15) is 5.56 Å². The molecule has 1 aromatic heterocycles. The minimum Gasteiger partial charge on any atom is -0.465 e. The molecule has 0 unspecified atom stereocenters. The molecule has 0 radical (unpaired) electrons. The molecule has 7 heteroatoms. The molecule has 0 saturated carbocycles. The summed E-state index contributed by atoms with van der Waals surface area (Å²) in [5.74, 6) is -0.377. The van der Waals surface area contributed by atoms with Crippen LogP contribution in [0.15, 0.2) is 6.20 Å². The Morgan fingerprint density at radius 3 is 2.26 bits per heavy atom. The molecule has 0 fully saturated rings. The normalized spacial score (nSPS) is 11.7. The van der Waals surface area contributed by atoms with Crippen molar-refractivity contribution in [1.29, 1.82) is 0 Å². The lowest BCUT2D eigenvalue weighted by molar-refractivity contribution is -0.135. The van der Waals surface area contributed by atoms with Gasteiger partial charge in [-0.1, -0.05) is 32.1 Å². The number of hydrogen-bond donors (Lipinski definition) is 0. The zero-order chi connectivity index (χ0) is 17.3. The first kappa shape index (κ1) is 19.5. The van der Waals surface area contributed by atoms with Crippen LogP contribution in [0.4, 0.5) is 13.2 Å². The smallest absolute Gasteiger partial charge is 0.389 e. The summed E-state index contributed by atoms with van der Waals surface area (Å²) in [4.78, 5) is 11.6. The van der Waals surface area contributed by atoms with Crippen LogP contribution in [0.1, 0.15) is 67.4 Å². The van der Waals surface area contributed by atoms with Crippen LogP contribution in [0.3, 0.4) is 0 Å². The molecule has 4 nitrogen and oxygen atoms in total. The van der Waals surface area contributed by atoms with Crippen molar-refractivity contribution < 1.29 is 22.7 Å². The summed E-state index contributed by atoms with van der Waals surface area (Å²) in [7, 11) is 3.14. The Morgan fingerprint density at radius 1 is 1.13 bits per heavy atom. The van der Waals surface area contributed by atoms with Gasteiger partial charge in [0.15, 0.2) is 0 Å². The number of rotatable bonds is 10. The monoisotopic (exact) mass is 334 g/mol. The number of hydrogen-bond acceptors (Lipinski definition) is 3. The molecule has 23 heavy (non-hydrogen) atoms. The Labute approximate surface area is 135 Å². The number of nitrogens with zero attached hydrogens (tertiary/aromatic N) is 2. The summed E-state index contributed by atoms with van der Waals surface area (Å²) in [5.41, 5.74) is 1.36. The van der Waals surface area contributed by atoms with Gasteiger partial charge in [-0.25, -0.2) is 4.79 Å². The molecule has 1 heterocycles. The Morgan fingerprint density at radius 2 is 1.70 bits per heavy atom. The number of carbonyl (C=O) groups excluding carboxylic acids is 1. The van der Waals surface area contributed by atoms with Crippen molar-refractivity contribution in [3.63, 3.8) is 0 Å². The molecule has 0 aliphatic carbocycles. The van der Waals surface area contributed by atoms with E-state index < -0.39 is 12.6 Å². The number of aromatic nitrogens is 2. The molecular formula is C16H25F3N2O2. The van der Waals surface area contributed by atoms with Gasteiger partial charge in [-0.2, -0.15) is 18.3 Å². The van der Waals surface area contributed by atoms with Crippen LogP contribution >= 0.6 is 0 Å². The maximum atomic E-state index is 12.0. The topological polar surface area (TPSA) is 44.1 Å². The Balaban J connectivity index is 2.14. The third kappa shape index (κ3) is 7.52. The molecule has 0 saturated heterocycles. The molecule has 0 N–H and O–H groups in total. The largest absolute Gasteiger partial charge is 0.465 e. The van der Waals surface area contributed by atoms with Crippen molar-refractivity contribution >= 4 is 5.97 Å².